The molecule has 11 heavy (non-hydrogen) atoms. The number of hydrogen-bond acceptors (Lipinski definition) is 1. The normalized spacial score (nSPS) is 6.82. The maximum atomic E-state index is 7.74. The van der Waals surface area contributed by atoms with Crippen LogP contribution >= 0.6 is 0 Å². The van der Waals surface area contributed by atoms with Gasteiger partial charge in [-0.3, -0.25) is 0 Å². The van der Waals surface area contributed by atoms with Gasteiger partial charge in [0.25, 0.3) is 0 Å². The van der Waals surface area contributed by atoms with Gasteiger partial charge in [0.1, 0.15) is 0 Å². The molecule has 1 nitrogen and oxygen atoms in total. The van der Waals surface area contributed by atoms with Gasteiger partial charge in [-0.15, -0.1) is 6.58 Å². The van der Waals surface area contributed by atoms with Gasteiger partial charge in [0.05, 0.1) is 12.5 Å². The van der Waals surface area contributed by atoms with E-state index in [2.05, 4.69) is 6.58 Å². The fourth-order valence-corrected chi connectivity index (χ4v) is 0.449. The van der Waals surface area contributed by atoms with Crippen molar-refractivity contribution in [1.82, 2.24) is 0 Å². The molecular weight excluding hydrogens is 134 g/mol. The molecule has 0 fully saturated rings. The van der Waals surface area contributed by atoms with Gasteiger partial charge in [0.15, 0.2) is 0 Å². The summed E-state index contributed by atoms with van der Waals surface area (Å²) in [5.74, 6) is 0. The Hall–Kier alpha value is -1.55. The predicted octanol–water partition coefficient (Wildman–Crippen LogP) is 2.77. The zero-order valence-corrected chi connectivity index (χ0v) is 6.40. The molecule has 1 aromatic carbocycles. The zero-order chi connectivity index (χ0) is 8.36. The van der Waals surface area contributed by atoms with Crippen molar-refractivity contribution in [1.29, 1.82) is 5.26 Å². The van der Waals surface area contributed by atoms with Crippen molar-refractivity contribution in [3.8, 4) is 6.07 Å². The van der Waals surface area contributed by atoms with Gasteiger partial charge in [-0.05, 0) is 0 Å². The van der Waals surface area contributed by atoms with Crippen LogP contribution in [0.4, 0.5) is 0 Å². The third kappa shape index (κ3) is 8.45. The van der Waals surface area contributed by atoms with Gasteiger partial charge in [-0.2, -0.15) is 5.26 Å². The highest BCUT2D eigenvalue weighted by Crippen LogP contribution is 1.79. The Bertz CT molecular complexity index is 181. The molecule has 0 heterocycles. The lowest BCUT2D eigenvalue weighted by Gasteiger charge is -1.69. The highest BCUT2D eigenvalue weighted by Gasteiger charge is 1.58. The Kier molecular flexibility index (Phi) is 7.26. The first-order valence-electron chi connectivity index (χ1n) is 3.39. The molecule has 0 saturated heterocycles. The number of rotatable bonds is 1. The van der Waals surface area contributed by atoms with E-state index < -0.39 is 0 Å². The fourth-order valence-electron chi connectivity index (χ4n) is 0.449. The Morgan fingerprint density at radius 3 is 1.55 bits per heavy atom. The minimum absolute atomic E-state index is 0.458. The van der Waals surface area contributed by atoms with Crippen molar-refractivity contribution in [3.05, 3.63) is 49.1 Å². The van der Waals surface area contributed by atoms with Crippen LogP contribution in [0.1, 0.15) is 6.42 Å². The summed E-state index contributed by atoms with van der Waals surface area (Å²) < 4.78 is 0. The summed E-state index contributed by atoms with van der Waals surface area (Å²) >= 11 is 0. The summed E-state index contributed by atoms with van der Waals surface area (Å²) in [4.78, 5) is 0. The molecule has 1 rings (SSSR count). The van der Waals surface area contributed by atoms with Gasteiger partial charge in [-0.25, -0.2) is 0 Å². The van der Waals surface area contributed by atoms with Crippen LogP contribution in [0.3, 0.4) is 0 Å². The Labute approximate surface area is 67.6 Å². The summed E-state index contributed by atoms with van der Waals surface area (Å²) in [7, 11) is 0. The van der Waals surface area contributed by atoms with Gasteiger partial charge in [-0.1, -0.05) is 42.5 Å². The van der Waals surface area contributed by atoms with Crippen molar-refractivity contribution in [3.63, 3.8) is 0 Å². The van der Waals surface area contributed by atoms with E-state index in [1.165, 1.54) is 0 Å². The topological polar surface area (TPSA) is 23.8 Å². The SMILES string of the molecule is C=CCC#N.c1ccccc1. The van der Waals surface area contributed by atoms with E-state index in [-0.39, 0.29) is 0 Å². The first kappa shape index (κ1) is 9.45. The van der Waals surface area contributed by atoms with Crippen LogP contribution in [-0.4, -0.2) is 0 Å². The van der Waals surface area contributed by atoms with E-state index in [1.54, 1.807) is 6.08 Å². The van der Waals surface area contributed by atoms with Crippen molar-refractivity contribution in [2.45, 2.75) is 6.42 Å². The second kappa shape index (κ2) is 8.45. The van der Waals surface area contributed by atoms with Gasteiger partial charge in [0.2, 0.25) is 0 Å². The molecule has 0 aromatic heterocycles. The highest BCUT2D eigenvalue weighted by atomic mass is 14.2. The quantitative estimate of drug-likeness (QED) is 0.557. The molecule has 0 aliphatic heterocycles. The van der Waals surface area contributed by atoms with Crippen molar-refractivity contribution < 1.29 is 0 Å². The molecule has 0 spiro atoms. The second-order valence-electron chi connectivity index (χ2n) is 1.81. The monoisotopic (exact) mass is 145 g/mol. The van der Waals surface area contributed by atoms with Gasteiger partial charge in [0, 0.05) is 0 Å². The average Bonchev–Trinajstić information content (AvgIpc) is 2.10. The largest absolute Gasteiger partial charge is 0.198 e. The summed E-state index contributed by atoms with van der Waals surface area (Å²) in [6.45, 7) is 3.33. The molecule has 0 bridgehead atoms. The summed E-state index contributed by atoms with van der Waals surface area (Å²) in [6.07, 6.45) is 2.03. The molecule has 0 atom stereocenters. The lowest BCUT2D eigenvalue weighted by Crippen LogP contribution is -1.47. The second-order valence-corrected chi connectivity index (χ2v) is 1.81. The molecule has 1 aromatic rings. The first-order chi connectivity index (χ1) is 5.41. The maximum Gasteiger partial charge on any atom is 0.0663 e. The number of nitriles is 1. The van der Waals surface area contributed by atoms with Crippen LogP contribution in [-0.2, 0) is 0 Å². The van der Waals surface area contributed by atoms with Crippen LogP contribution in [0.25, 0.3) is 0 Å². The third-order valence-electron chi connectivity index (χ3n) is 0.902. The smallest absolute Gasteiger partial charge is 0.0663 e. The molecule has 0 radical (unpaired) electrons. The lowest BCUT2D eigenvalue weighted by molar-refractivity contribution is 1.36. The van der Waals surface area contributed by atoms with E-state index >= 15 is 0 Å². The Balaban J connectivity index is 0.000000187. The highest BCUT2D eigenvalue weighted by molar-refractivity contribution is 4.99. The molecular formula is C10H11N. The van der Waals surface area contributed by atoms with E-state index in [9.17, 15) is 0 Å². The van der Waals surface area contributed by atoms with Gasteiger partial charge < -0.3 is 0 Å². The Morgan fingerprint density at radius 2 is 1.45 bits per heavy atom. The molecule has 0 unspecified atom stereocenters. The van der Waals surface area contributed by atoms with Crippen LogP contribution < -0.4 is 0 Å². The van der Waals surface area contributed by atoms with Crippen molar-refractivity contribution >= 4 is 0 Å². The summed E-state index contributed by atoms with van der Waals surface area (Å²) in [5, 5.41) is 7.74. The number of hydrogen-bond donors (Lipinski definition) is 0. The standard InChI is InChI=1S/C6H6.C4H5N/c1-2-4-6-5-3-1;1-2-3-4-5/h1-6H;2H,1,3H2. The average molecular weight is 145 g/mol. The molecule has 56 valence electrons. The fraction of sp³-hybridized carbons (Fsp3) is 0.100. The lowest BCUT2D eigenvalue weighted by atomic mass is 10.4. The molecule has 0 aliphatic rings. The van der Waals surface area contributed by atoms with E-state index in [0.717, 1.165) is 0 Å². The predicted molar refractivity (Wildman–Crippen MR) is 46.9 cm³/mol. The molecule has 0 aliphatic carbocycles. The number of nitrogens with zero attached hydrogens (tertiary/aromatic N) is 1. The van der Waals surface area contributed by atoms with Gasteiger partial charge >= 0.3 is 0 Å². The summed E-state index contributed by atoms with van der Waals surface area (Å²) in [5.41, 5.74) is 0. The zero-order valence-electron chi connectivity index (χ0n) is 6.40. The molecule has 1 heteroatoms. The molecule has 0 N–H and O–H groups in total. The van der Waals surface area contributed by atoms with Crippen LogP contribution in [0.2, 0.25) is 0 Å². The van der Waals surface area contributed by atoms with Crippen molar-refractivity contribution in [2.24, 2.45) is 0 Å². The molecule has 0 saturated carbocycles. The minimum Gasteiger partial charge on any atom is -0.198 e. The Morgan fingerprint density at radius 1 is 1.09 bits per heavy atom. The van der Waals surface area contributed by atoms with Crippen LogP contribution in [0.5, 0.6) is 0 Å². The maximum absolute atomic E-state index is 7.74. The van der Waals surface area contributed by atoms with Crippen LogP contribution in [0.15, 0.2) is 49.1 Å². The van der Waals surface area contributed by atoms with Crippen LogP contribution in [0, 0.1) is 11.3 Å². The van der Waals surface area contributed by atoms with E-state index in [4.69, 9.17) is 5.26 Å². The van der Waals surface area contributed by atoms with E-state index in [1.807, 2.05) is 42.5 Å². The summed E-state index contributed by atoms with van der Waals surface area (Å²) in [6, 6.07) is 13.9. The number of allylic oxidation sites excluding steroid dienone is 1. The van der Waals surface area contributed by atoms with Crippen molar-refractivity contribution in [2.75, 3.05) is 0 Å². The first-order valence-corrected chi connectivity index (χ1v) is 3.39. The number of benzene rings is 1. The third-order valence-corrected chi connectivity index (χ3v) is 0.902. The molecule has 0 amide bonds. The minimum atomic E-state index is 0.458. The van der Waals surface area contributed by atoms with E-state index in [0.29, 0.717) is 6.42 Å².